The van der Waals surface area contributed by atoms with E-state index in [4.69, 9.17) is 0 Å². The van der Waals surface area contributed by atoms with Crippen LogP contribution in [0.15, 0.2) is 23.3 Å². The molecule has 18 heavy (non-hydrogen) atoms. The molecule has 1 amide bonds. The van der Waals surface area contributed by atoms with Gasteiger partial charge in [-0.05, 0) is 30.9 Å². The fourth-order valence-electron chi connectivity index (χ4n) is 2.60. The lowest BCUT2D eigenvalue weighted by Crippen LogP contribution is -2.51. The minimum Gasteiger partial charge on any atom is -0.296 e. The molecule has 1 aliphatic carbocycles. The molecular formula is C13H14N4O. The van der Waals surface area contributed by atoms with E-state index >= 15 is 0 Å². The molecule has 0 unspecified atom stereocenters. The van der Waals surface area contributed by atoms with Crippen molar-refractivity contribution in [1.29, 1.82) is 0 Å². The zero-order valence-electron chi connectivity index (χ0n) is 10.0. The number of fused-ring (bicyclic) bond motifs is 2. The van der Waals surface area contributed by atoms with E-state index in [1.165, 1.54) is 12.8 Å². The van der Waals surface area contributed by atoms with Crippen LogP contribution in [0, 0.1) is 5.92 Å². The third kappa shape index (κ3) is 1.36. The molecular weight excluding hydrogens is 228 g/mol. The first-order valence-electron chi connectivity index (χ1n) is 6.43. The maximum absolute atomic E-state index is 12.3. The van der Waals surface area contributed by atoms with Crippen molar-refractivity contribution >= 4 is 17.7 Å². The summed E-state index contributed by atoms with van der Waals surface area (Å²) in [5.41, 5.74) is 0.707. The molecule has 1 fully saturated rings. The highest BCUT2D eigenvalue weighted by molar-refractivity contribution is 6.18. The Morgan fingerprint density at radius 1 is 1.39 bits per heavy atom. The summed E-state index contributed by atoms with van der Waals surface area (Å²) in [5, 5.41) is 0. The molecule has 0 saturated heterocycles. The van der Waals surface area contributed by atoms with Crippen LogP contribution in [0.5, 0.6) is 0 Å². The Morgan fingerprint density at radius 2 is 2.28 bits per heavy atom. The molecule has 0 N–H and O–H groups in total. The van der Waals surface area contributed by atoms with Crippen LogP contribution >= 0.6 is 0 Å². The maximum Gasteiger partial charge on any atom is 0.264 e. The van der Waals surface area contributed by atoms with Crippen molar-refractivity contribution in [2.45, 2.75) is 12.8 Å². The lowest BCUT2D eigenvalue weighted by atomic mass is 10.1. The van der Waals surface area contributed by atoms with Crippen molar-refractivity contribution < 1.29 is 4.79 Å². The second-order valence-corrected chi connectivity index (χ2v) is 5.07. The number of carbonyl (C=O) groups is 1. The van der Waals surface area contributed by atoms with Crippen LogP contribution < -0.4 is 4.90 Å². The highest BCUT2D eigenvalue weighted by atomic mass is 16.2. The standard InChI is InChI=1S/C13H14N4O/c18-12-10-2-1-5-14-11(10)17(8-9-3-4-9)13-15-6-7-16(12)13/h1-2,5,9H,3-4,6-8H2. The van der Waals surface area contributed by atoms with E-state index in [-0.39, 0.29) is 5.91 Å². The quantitative estimate of drug-likeness (QED) is 0.781. The first-order chi connectivity index (χ1) is 8.84. The topological polar surface area (TPSA) is 48.8 Å². The number of guanidine groups is 1. The van der Waals surface area contributed by atoms with Crippen molar-refractivity contribution in [3.63, 3.8) is 0 Å². The van der Waals surface area contributed by atoms with Gasteiger partial charge in [-0.1, -0.05) is 0 Å². The zero-order valence-corrected chi connectivity index (χ0v) is 10.0. The molecule has 92 valence electrons. The number of pyridine rings is 1. The molecule has 5 nitrogen and oxygen atoms in total. The molecule has 0 spiro atoms. The lowest BCUT2D eigenvalue weighted by molar-refractivity contribution is 0.0851. The number of hydrogen-bond donors (Lipinski definition) is 0. The molecule has 4 rings (SSSR count). The van der Waals surface area contributed by atoms with Gasteiger partial charge in [0.2, 0.25) is 5.96 Å². The van der Waals surface area contributed by atoms with Crippen LogP contribution in [0.2, 0.25) is 0 Å². The van der Waals surface area contributed by atoms with Gasteiger partial charge in [0.15, 0.2) is 0 Å². The summed E-state index contributed by atoms with van der Waals surface area (Å²) in [7, 11) is 0. The van der Waals surface area contributed by atoms with E-state index < -0.39 is 0 Å². The number of rotatable bonds is 2. The van der Waals surface area contributed by atoms with Crippen LogP contribution in [0.3, 0.4) is 0 Å². The van der Waals surface area contributed by atoms with Gasteiger partial charge in [0.25, 0.3) is 5.91 Å². The van der Waals surface area contributed by atoms with Gasteiger partial charge in [0.1, 0.15) is 5.82 Å². The van der Waals surface area contributed by atoms with Gasteiger partial charge in [0.05, 0.1) is 12.1 Å². The lowest BCUT2D eigenvalue weighted by Gasteiger charge is -2.34. The highest BCUT2D eigenvalue weighted by Crippen LogP contribution is 2.35. The molecule has 1 aromatic heterocycles. The Kier molecular flexibility index (Phi) is 1.98. The summed E-state index contributed by atoms with van der Waals surface area (Å²) in [6, 6.07) is 3.68. The molecule has 0 radical (unpaired) electrons. The summed E-state index contributed by atoms with van der Waals surface area (Å²) in [6.45, 7) is 2.34. The minimum absolute atomic E-state index is 0.0430. The molecule has 1 aromatic rings. The molecule has 0 bridgehead atoms. The Balaban J connectivity index is 1.82. The molecule has 5 heteroatoms. The Morgan fingerprint density at radius 3 is 3.11 bits per heavy atom. The summed E-state index contributed by atoms with van der Waals surface area (Å²) in [4.78, 5) is 25.1. The largest absolute Gasteiger partial charge is 0.296 e. The predicted octanol–water partition coefficient (Wildman–Crippen LogP) is 1.12. The fraction of sp³-hybridized carbons (Fsp3) is 0.462. The monoisotopic (exact) mass is 242 g/mol. The molecule has 2 aliphatic heterocycles. The van der Waals surface area contributed by atoms with E-state index in [9.17, 15) is 4.79 Å². The third-order valence-corrected chi connectivity index (χ3v) is 3.72. The Hall–Kier alpha value is -1.91. The number of nitrogens with zero attached hydrogens (tertiary/aromatic N) is 4. The number of amides is 1. The van der Waals surface area contributed by atoms with Gasteiger partial charge in [-0.25, -0.2) is 4.98 Å². The van der Waals surface area contributed by atoms with Gasteiger partial charge in [0, 0.05) is 19.3 Å². The van der Waals surface area contributed by atoms with Crippen LogP contribution in [-0.2, 0) is 0 Å². The minimum atomic E-state index is 0.0430. The zero-order chi connectivity index (χ0) is 12.1. The number of aromatic nitrogens is 1. The second-order valence-electron chi connectivity index (χ2n) is 5.07. The van der Waals surface area contributed by atoms with E-state index in [1.807, 2.05) is 12.1 Å². The van der Waals surface area contributed by atoms with Crippen molar-refractivity contribution in [3.05, 3.63) is 23.9 Å². The molecule has 1 saturated carbocycles. The Bertz CT molecular complexity index is 550. The number of hydrogen-bond acceptors (Lipinski definition) is 4. The normalized spacial score (nSPS) is 21.8. The molecule has 3 heterocycles. The summed E-state index contributed by atoms with van der Waals surface area (Å²) >= 11 is 0. The van der Waals surface area contributed by atoms with Crippen LogP contribution in [-0.4, -0.2) is 41.4 Å². The van der Waals surface area contributed by atoms with E-state index in [0.717, 1.165) is 24.2 Å². The summed E-state index contributed by atoms with van der Waals surface area (Å²) in [5.74, 6) is 2.36. The Labute approximate surface area is 105 Å². The van der Waals surface area contributed by atoms with E-state index in [0.29, 0.717) is 18.7 Å². The highest BCUT2D eigenvalue weighted by Gasteiger charge is 2.40. The average Bonchev–Trinajstić information content (AvgIpc) is 3.08. The number of aliphatic imine (C=N–C) groups is 1. The van der Waals surface area contributed by atoms with Gasteiger partial charge in [-0.15, -0.1) is 0 Å². The fourth-order valence-corrected chi connectivity index (χ4v) is 2.60. The van der Waals surface area contributed by atoms with Crippen molar-refractivity contribution in [2.75, 3.05) is 24.5 Å². The average molecular weight is 242 g/mol. The molecule has 0 aromatic carbocycles. The van der Waals surface area contributed by atoms with Crippen LogP contribution in [0.1, 0.15) is 23.2 Å². The number of carbonyl (C=O) groups excluding carboxylic acids is 1. The SMILES string of the molecule is O=C1c2cccnc2N(CC2CC2)C2=NCCN12. The van der Waals surface area contributed by atoms with Gasteiger partial charge < -0.3 is 0 Å². The van der Waals surface area contributed by atoms with Gasteiger partial charge in [-0.2, -0.15) is 0 Å². The van der Waals surface area contributed by atoms with Crippen LogP contribution in [0.4, 0.5) is 5.82 Å². The van der Waals surface area contributed by atoms with Crippen molar-refractivity contribution in [2.24, 2.45) is 10.9 Å². The number of anilines is 1. The summed E-state index contributed by atoms with van der Waals surface area (Å²) < 4.78 is 0. The third-order valence-electron chi connectivity index (χ3n) is 3.72. The van der Waals surface area contributed by atoms with E-state index in [1.54, 1.807) is 11.1 Å². The predicted molar refractivity (Wildman–Crippen MR) is 67.6 cm³/mol. The van der Waals surface area contributed by atoms with Crippen LogP contribution in [0.25, 0.3) is 0 Å². The first kappa shape index (κ1) is 10.1. The maximum atomic E-state index is 12.3. The smallest absolute Gasteiger partial charge is 0.264 e. The van der Waals surface area contributed by atoms with Gasteiger partial charge in [-0.3, -0.25) is 19.6 Å². The summed E-state index contributed by atoms with van der Waals surface area (Å²) in [6.07, 6.45) is 4.30. The van der Waals surface area contributed by atoms with E-state index in [2.05, 4.69) is 14.9 Å². The van der Waals surface area contributed by atoms with Crippen molar-refractivity contribution in [3.8, 4) is 0 Å². The van der Waals surface area contributed by atoms with Crippen molar-refractivity contribution in [1.82, 2.24) is 9.88 Å². The first-order valence-corrected chi connectivity index (χ1v) is 6.43. The molecule has 3 aliphatic rings. The molecule has 0 atom stereocenters. The van der Waals surface area contributed by atoms with Gasteiger partial charge >= 0.3 is 0 Å². The second kappa shape index (κ2) is 3.54.